The molecule has 1 fully saturated rings. The summed E-state index contributed by atoms with van der Waals surface area (Å²) in [6, 6.07) is 0. The summed E-state index contributed by atoms with van der Waals surface area (Å²) in [5.74, 6) is -1.53. The number of unbranched alkanes of at least 4 members (excludes halogenated alkanes) is 18. The minimum Gasteiger partial charge on any atom is -0.481 e. The van der Waals surface area contributed by atoms with Gasteiger partial charge in [-0.1, -0.05) is 129 Å². The summed E-state index contributed by atoms with van der Waals surface area (Å²) in [5.41, 5.74) is 0. The van der Waals surface area contributed by atoms with Crippen LogP contribution in [-0.2, 0) is 14.3 Å². The lowest BCUT2D eigenvalue weighted by Crippen LogP contribution is -2.28. The first-order valence-corrected chi connectivity index (χ1v) is 14.5. The minimum absolute atomic E-state index is 0.177. The van der Waals surface area contributed by atoms with Crippen LogP contribution < -0.4 is 0 Å². The summed E-state index contributed by atoms with van der Waals surface area (Å²) in [7, 11) is 0. The highest BCUT2D eigenvalue weighted by Crippen LogP contribution is 2.30. The standard InChI is InChI=1S/C29H54O4/c1-2-3-4-5-6-7-8-9-10-11-12-13-14-15-16-17-18-19-20-24-33-29(32)27-23-21-22-26(25-27)28(30)31/h26-27H,2-25H2,1H3,(H,30,31). The lowest BCUT2D eigenvalue weighted by atomic mass is 9.81. The number of hydrogen-bond donors (Lipinski definition) is 1. The third-order valence-corrected chi connectivity index (χ3v) is 7.35. The monoisotopic (exact) mass is 466 g/mol. The predicted molar refractivity (Wildman–Crippen MR) is 137 cm³/mol. The zero-order valence-corrected chi connectivity index (χ0v) is 21.8. The van der Waals surface area contributed by atoms with Gasteiger partial charge in [0.2, 0.25) is 0 Å². The van der Waals surface area contributed by atoms with E-state index in [1.165, 1.54) is 109 Å². The van der Waals surface area contributed by atoms with Gasteiger partial charge in [-0.05, 0) is 25.7 Å². The van der Waals surface area contributed by atoms with E-state index in [1.54, 1.807) is 0 Å². The van der Waals surface area contributed by atoms with E-state index >= 15 is 0 Å². The van der Waals surface area contributed by atoms with Crippen molar-refractivity contribution < 1.29 is 19.4 Å². The van der Waals surface area contributed by atoms with Crippen LogP contribution in [-0.4, -0.2) is 23.7 Å². The molecule has 1 aliphatic carbocycles. The van der Waals surface area contributed by atoms with Crippen molar-refractivity contribution >= 4 is 11.9 Å². The van der Waals surface area contributed by atoms with Gasteiger partial charge >= 0.3 is 11.9 Å². The fourth-order valence-electron chi connectivity index (χ4n) is 5.10. The van der Waals surface area contributed by atoms with Crippen LogP contribution in [0.15, 0.2) is 0 Å². The number of ether oxygens (including phenoxy) is 1. The Kier molecular flexibility index (Phi) is 19.5. The summed E-state index contributed by atoms with van der Waals surface area (Å²) >= 11 is 0. The van der Waals surface area contributed by atoms with Gasteiger partial charge in [0, 0.05) is 0 Å². The van der Waals surface area contributed by atoms with Crippen molar-refractivity contribution in [2.75, 3.05) is 6.61 Å². The topological polar surface area (TPSA) is 63.6 Å². The summed E-state index contributed by atoms with van der Waals surface area (Å²) in [4.78, 5) is 23.3. The minimum atomic E-state index is -0.772. The molecule has 0 bridgehead atoms. The van der Waals surface area contributed by atoms with Crippen LogP contribution >= 0.6 is 0 Å². The normalized spacial score (nSPS) is 18.3. The molecule has 1 N–H and O–H groups in total. The Labute approximate surface area is 204 Å². The largest absolute Gasteiger partial charge is 0.481 e. The number of carboxylic acid groups (broad SMARTS) is 1. The van der Waals surface area contributed by atoms with Crippen molar-refractivity contribution in [3.05, 3.63) is 0 Å². The van der Waals surface area contributed by atoms with Crippen molar-refractivity contribution in [3.8, 4) is 0 Å². The van der Waals surface area contributed by atoms with Crippen molar-refractivity contribution in [1.82, 2.24) is 0 Å². The molecule has 0 aromatic heterocycles. The molecule has 33 heavy (non-hydrogen) atoms. The highest BCUT2D eigenvalue weighted by atomic mass is 16.5. The number of carbonyl (C=O) groups excluding carboxylic acids is 1. The van der Waals surface area contributed by atoms with E-state index in [0.717, 1.165) is 25.7 Å². The fraction of sp³-hybridized carbons (Fsp3) is 0.931. The van der Waals surface area contributed by atoms with Gasteiger partial charge < -0.3 is 9.84 Å². The smallest absolute Gasteiger partial charge is 0.308 e. The van der Waals surface area contributed by atoms with Gasteiger partial charge in [0.15, 0.2) is 0 Å². The zero-order chi connectivity index (χ0) is 24.0. The SMILES string of the molecule is CCCCCCCCCCCCCCCCCCCCCOC(=O)C1CCCC(C(=O)O)C1. The second kappa shape index (κ2) is 21.5. The molecule has 4 nitrogen and oxygen atoms in total. The maximum absolute atomic E-state index is 12.1. The molecule has 0 amide bonds. The van der Waals surface area contributed by atoms with Crippen LogP contribution in [0, 0.1) is 11.8 Å². The number of aliphatic carboxylic acids is 1. The summed E-state index contributed by atoms with van der Waals surface area (Å²) in [6.07, 6.45) is 28.4. The Bertz CT molecular complexity index is 476. The van der Waals surface area contributed by atoms with Crippen LogP contribution in [0.2, 0.25) is 0 Å². The van der Waals surface area contributed by atoms with Gasteiger partial charge in [0.25, 0.3) is 0 Å². The van der Waals surface area contributed by atoms with Crippen molar-refractivity contribution in [2.45, 2.75) is 155 Å². The fourth-order valence-corrected chi connectivity index (χ4v) is 5.10. The van der Waals surface area contributed by atoms with E-state index in [2.05, 4.69) is 6.92 Å². The first-order chi connectivity index (χ1) is 16.1. The molecule has 0 radical (unpaired) electrons. The maximum Gasteiger partial charge on any atom is 0.308 e. The van der Waals surface area contributed by atoms with Crippen LogP contribution in [0.5, 0.6) is 0 Å². The molecule has 1 rings (SSSR count). The summed E-state index contributed by atoms with van der Waals surface area (Å²) in [5, 5.41) is 9.14. The number of rotatable bonds is 22. The third kappa shape index (κ3) is 17.1. The molecule has 0 aromatic carbocycles. The van der Waals surface area contributed by atoms with Gasteiger partial charge in [-0.15, -0.1) is 0 Å². The molecule has 2 unspecified atom stereocenters. The van der Waals surface area contributed by atoms with Gasteiger partial charge in [-0.3, -0.25) is 9.59 Å². The second-order valence-electron chi connectivity index (χ2n) is 10.4. The molecule has 0 saturated heterocycles. The van der Waals surface area contributed by atoms with Crippen LogP contribution in [0.1, 0.15) is 155 Å². The molecule has 0 aromatic rings. The molecule has 1 saturated carbocycles. The first kappa shape index (κ1) is 30.0. The first-order valence-electron chi connectivity index (χ1n) is 14.5. The van der Waals surface area contributed by atoms with Crippen LogP contribution in [0.4, 0.5) is 0 Å². The van der Waals surface area contributed by atoms with E-state index in [-0.39, 0.29) is 17.8 Å². The molecule has 1 aliphatic rings. The quantitative estimate of drug-likeness (QED) is 0.128. The molecular weight excluding hydrogens is 412 g/mol. The van der Waals surface area contributed by atoms with Gasteiger partial charge in [-0.25, -0.2) is 0 Å². The Hall–Kier alpha value is -1.06. The highest BCUT2D eigenvalue weighted by Gasteiger charge is 2.31. The second-order valence-corrected chi connectivity index (χ2v) is 10.4. The molecule has 194 valence electrons. The Morgan fingerprint density at radius 3 is 1.45 bits per heavy atom. The highest BCUT2D eigenvalue weighted by molar-refractivity contribution is 5.75. The van der Waals surface area contributed by atoms with E-state index in [4.69, 9.17) is 9.84 Å². The number of carbonyl (C=O) groups is 2. The van der Waals surface area contributed by atoms with Gasteiger partial charge in [0.1, 0.15) is 0 Å². The lowest BCUT2D eigenvalue weighted by Gasteiger charge is -2.25. The molecular formula is C29H54O4. The van der Waals surface area contributed by atoms with Crippen LogP contribution in [0.3, 0.4) is 0 Å². The van der Waals surface area contributed by atoms with Crippen molar-refractivity contribution in [3.63, 3.8) is 0 Å². The van der Waals surface area contributed by atoms with Gasteiger partial charge in [-0.2, -0.15) is 0 Å². The molecule has 0 aliphatic heterocycles. The predicted octanol–water partition coefficient (Wildman–Crippen LogP) is 8.85. The van der Waals surface area contributed by atoms with E-state index < -0.39 is 5.97 Å². The summed E-state index contributed by atoms with van der Waals surface area (Å²) in [6.45, 7) is 2.77. The molecule has 0 spiro atoms. The molecule has 4 heteroatoms. The molecule has 0 heterocycles. The average Bonchev–Trinajstić information content (AvgIpc) is 2.82. The Morgan fingerprint density at radius 1 is 0.636 bits per heavy atom. The Morgan fingerprint density at radius 2 is 1.03 bits per heavy atom. The number of carboxylic acids is 1. The lowest BCUT2D eigenvalue weighted by molar-refractivity contribution is -0.152. The summed E-state index contributed by atoms with van der Waals surface area (Å²) < 4.78 is 5.41. The zero-order valence-electron chi connectivity index (χ0n) is 21.8. The number of hydrogen-bond acceptors (Lipinski definition) is 3. The van der Waals surface area contributed by atoms with E-state index in [0.29, 0.717) is 19.4 Å². The molecule has 2 atom stereocenters. The van der Waals surface area contributed by atoms with E-state index in [1.807, 2.05) is 0 Å². The maximum atomic E-state index is 12.1. The van der Waals surface area contributed by atoms with E-state index in [9.17, 15) is 9.59 Å². The average molecular weight is 467 g/mol. The third-order valence-electron chi connectivity index (χ3n) is 7.35. The Balaban J connectivity index is 1.77. The van der Waals surface area contributed by atoms with Crippen molar-refractivity contribution in [2.24, 2.45) is 11.8 Å². The number of esters is 1. The van der Waals surface area contributed by atoms with Gasteiger partial charge in [0.05, 0.1) is 18.4 Å². The van der Waals surface area contributed by atoms with Crippen LogP contribution in [0.25, 0.3) is 0 Å². The van der Waals surface area contributed by atoms with Crippen molar-refractivity contribution in [1.29, 1.82) is 0 Å².